The van der Waals surface area contributed by atoms with Gasteiger partial charge in [0.25, 0.3) is 0 Å². The molecule has 1 rings (SSSR count). The number of esters is 1. The molecular formula is C19H30N2O6S. The summed E-state index contributed by atoms with van der Waals surface area (Å²) >= 11 is -1.78. The molecule has 8 nitrogen and oxygen atoms in total. The van der Waals surface area contributed by atoms with Gasteiger partial charge in [-0.1, -0.05) is 6.07 Å². The predicted octanol–water partition coefficient (Wildman–Crippen LogP) is 1.86. The number of nitrogens with one attached hydrogen (secondary N) is 2. The maximum atomic E-state index is 12.1. The van der Waals surface area contributed by atoms with Crippen LogP contribution in [0.15, 0.2) is 18.2 Å². The Kier molecular flexibility index (Phi) is 11.6. The maximum Gasteiger partial charge on any atom is 0.302 e. The van der Waals surface area contributed by atoms with Gasteiger partial charge in [0.15, 0.2) is 11.1 Å². The van der Waals surface area contributed by atoms with Gasteiger partial charge in [-0.3, -0.25) is 9.59 Å². The molecule has 0 aliphatic rings. The molecule has 0 radical (unpaired) electrons. The van der Waals surface area contributed by atoms with Crippen molar-refractivity contribution >= 4 is 28.6 Å². The first-order chi connectivity index (χ1) is 13.3. The van der Waals surface area contributed by atoms with Crippen molar-refractivity contribution in [1.29, 1.82) is 0 Å². The van der Waals surface area contributed by atoms with E-state index in [0.29, 0.717) is 31.7 Å². The minimum atomic E-state index is -1.78. The topological polar surface area (TPSA) is 114 Å². The second kappa shape index (κ2) is 13.4. The number of hydrogen-bond acceptors (Lipinski definition) is 6. The van der Waals surface area contributed by atoms with Crippen LogP contribution in [0.1, 0.15) is 37.8 Å². The Balaban J connectivity index is 2.66. The van der Waals surface area contributed by atoms with Crippen molar-refractivity contribution in [2.45, 2.75) is 45.8 Å². The number of aryl methyl sites for hydroxylation is 1. The molecule has 0 aliphatic heterocycles. The van der Waals surface area contributed by atoms with E-state index < -0.39 is 11.1 Å². The minimum Gasteiger partial charge on any atom is -0.461 e. The summed E-state index contributed by atoms with van der Waals surface area (Å²) in [5, 5.41) is 5.75. The Morgan fingerprint density at radius 1 is 1.21 bits per heavy atom. The van der Waals surface area contributed by atoms with Crippen LogP contribution in [0.5, 0.6) is 0 Å². The molecule has 9 heteroatoms. The van der Waals surface area contributed by atoms with Crippen LogP contribution >= 0.6 is 0 Å². The lowest BCUT2D eigenvalue weighted by atomic mass is 10.0. The van der Waals surface area contributed by atoms with Gasteiger partial charge in [-0.05, 0) is 56.5 Å². The van der Waals surface area contributed by atoms with Gasteiger partial charge >= 0.3 is 5.97 Å². The number of carbonyl (C=O) groups excluding carboxylic acids is 2. The Morgan fingerprint density at radius 2 is 1.93 bits per heavy atom. The molecule has 1 aromatic carbocycles. The lowest BCUT2D eigenvalue weighted by molar-refractivity contribution is -0.142. The summed E-state index contributed by atoms with van der Waals surface area (Å²) in [6, 6.07) is 5.20. The molecule has 28 heavy (non-hydrogen) atoms. The van der Waals surface area contributed by atoms with Gasteiger partial charge in [0.2, 0.25) is 5.91 Å². The van der Waals surface area contributed by atoms with Crippen LogP contribution in [0.25, 0.3) is 0 Å². The standard InChI is InChI=1S/C19H30N2O6S/c1-14(20-3)19(23)21-18-8-7-17(13-27-15(2)22)16(12-18)6-4-9-26-10-5-11-28(24)25/h7-8,12,14,20H,4-6,9-11,13H2,1-3H3,(H,21,23)(H,24,25). The molecular weight excluding hydrogens is 384 g/mol. The smallest absolute Gasteiger partial charge is 0.302 e. The summed E-state index contributed by atoms with van der Waals surface area (Å²) in [6.45, 7) is 4.26. The van der Waals surface area contributed by atoms with Gasteiger partial charge in [0.05, 0.1) is 11.8 Å². The number of amides is 1. The minimum absolute atomic E-state index is 0.134. The third kappa shape index (κ3) is 9.93. The number of hydrogen-bond donors (Lipinski definition) is 3. The molecule has 0 fully saturated rings. The van der Waals surface area contributed by atoms with Crippen LogP contribution in [0.4, 0.5) is 5.69 Å². The molecule has 2 atom stereocenters. The first kappa shape index (κ1) is 24.2. The molecule has 0 saturated heterocycles. The zero-order valence-electron chi connectivity index (χ0n) is 16.7. The zero-order valence-corrected chi connectivity index (χ0v) is 17.5. The average molecular weight is 415 g/mol. The molecule has 0 aliphatic carbocycles. The fourth-order valence-electron chi connectivity index (χ4n) is 2.39. The predicted molar refractivity (Wildman–Crippen MR) is 108 cm³/mol. The third-order valence-electron chi connectivity index (χ3n) is 4.07. The van der Waals surface area contributed by atoms with Gasteiger partial charge in [-0.15, -0.1) is 0 Å². The summed E-state index contributed by atoms with van der Waals surface area (Å²) in [4.78, 5) is 23.2. The van der Waals surface area contributed by atoms with Crippen LogP contribution in [-0.2, 0) is 43.2 Å². The van der Waals surface area contributed by atoms with Gasteiger partial charge in [0.1, 0.15) is 6.61 Å². The van der Waals surface area contributed by atoms with E-state index >= 15 is 0 Å². The highest BCUT2D eigenvalue weighted by Gasteiger charge is 2.12. The number of likely N-dealkylation sites (N-methyl/N-ethyl adjacent to an activating group) is 1. The maximum absolute atomic E-state index is 12.1. The lowest BCUT2D eigenvalue weighted by Crippen LogP contribution is -2.35. The van der Waals surface area contributed by atoms with Crippen LogP contribution < -0.4 is 10.6 Å². The van der Waals surface area contributed by atoms with E-state index in [1.807, 2.05) is 12.1 Å². The van der Waals surface area contributed by atoms with E-state index in [1.165, 1.54) is 6.92 Å². The Hall–Kier alpha value is -1.81. The van der Waals surface area contributed by atoms with Crippen molar-refractivity contribution < 1.29 is 27.8 Å². The number of carbonyl (C=O) groups is 2. The van der Waals surface area contributed by atoms with Crippen molar-refractivity contribution in [3.63, 3.8) is 0 Å². The number of anilines is 1. The first-order valence-electron chi connectivity index (χ1n) is 9.22. The molecule has 158 valence electrons. The van der Waals surface area contributed by atoms with E-state index in [-0.39, 0.29) is 30.3 Å². The second-order valence-corrected chi connectivity index (χ2v) is 7.41. The molecule has 0 spiro atoms. The van der Waals surface area contributed by atoms with E-state index in [2.05, 4.69) is 10.6 Å². The normalized spacial score (nSPS) is 13.0. The lowest BCUT2D eigenvalue weighted by Gasteiger charge is -2.15. The summed E-state index contributed by atoms with van der Waals surface area (Å²) < 4.78 is 29.9. The summed E-state index contributed by atoms with van der Waals surface area (Å²) in [5.41, 5.74) is 2.53. The van der Waals surface area contributed by atoms with Crippen molar-refractivity contribution in [3.05, 3.63) is 29.3 Å². The molecule has 2 unspecified atom stereocenters. The molecule has 0 bridgehead atoms. The molecule has 1 aromatic rings. The largest absolute Gasteiger partial charge is 0.461 e. The Morgan fingerprint density at radius 3 is 2.57 bits per heavy atom. The van der Waals surface area contributed by atoms with Crippen LogP contribution in [0, 0.1) is 0 Å². The Labute approximate surface area is 168 Å². The van der Waals surface area contributed by atoms with Gasteiger partial charge in [-0.2, -0.15) is 0 Å². The summed E-state index contributed by atoms with van der Waals surface area (Å²) in [7, 11) is 1.72. The molecule has 3 N–H and O–H groups in total. The molecule has 1 amide bonds. The second-order valence-electron chi connectivity index (χ2n) is 6.36. The van der Waals surface area contributed by atoms with E-state index in [4.69, 9.17) is 14.0 Å². The Bertz CT molecular complexity index is 668. The molecule has 0 aromatic heterocycles. The number of ether oxygens (including phenoxy) is 2. The van der Waals surface area contributed by atoms with Crippen LogP contribution in [0.2, 0.25) is 0 Å². The SMILES string of the molecule is CNC(C)C(=O)Nc1ccc(COC(C)=O)c(CCCOCCCS(=O)O)c1. The summed E-state index contributed by atoms with van der Waals surface area (Å²) in [6.07, 6.45) is 1.96. The van der Waals surface area contributed by atoms with Crippen LogP contribution in [0.3, 0.4) is 0 Å². The van der Waals surface area contributed by atoms with Crippen molar-refractivity contribution in [2.24, 2.45) is 0 Å². The van der Waals surface area contributed by atoms with E-state index in [1.54, 1.807) is 20.0 Å². The molecule has 0 heterocycles. The van der Waals surface area contributed by atoms with Crippen LogP contribution in [-0.4, -0.2) is 52.7 Å². The summed E-state index contributed by atoms with van der Waals surface area (Å²) in [5.74, 6) is -0.277. The highest BCUT2D eigenvalue weighted by Crippen LogP contribution is 2.19. The van der Waals surface area contributed by atoms with Crippen molar-refractivity contribution in [2.75, 3.05) is 31.3 Å². The fourth-order valence-corrected chi connectivity index (χ4v) is 2.75. The fraction of sp³-hybridized carbons (Fsp3) is 0.579. The quantitative estimate of drug-likeness (QED) is 0.256. The van der Waals surface area contributed by atoms with E-state index in [9.17, 15) is 13.8 Å². The zero-order chi connectivity index (χ0) is 20.9. The average Bonchev–Trinajstić information content (AvgIpc) is 2.65. The molecule has 0 saturated carbocycles. The first-order valence-corrected chi connectivity index (χ1v) is 10.5. The van der Waals surface area contributed by atoms with Gasteiger partial charge in [0, 0.05) is 25.8 Å². The number of benzene rings is 1. The van der Waals surface area contributed by atoms with E-state index in [0.717, 1.165) is 17.5 Å². The van der Waals surface area contributed by atoms with Crippen molar-refractivity contribution in [3.8, 4) is 0 Å². The number of rotatable bonds is 13. The van der Waals surface area contributed by atoms with Gasteiger partial charge < -0.3 is 24.7 Å². The highest BCUT2D eigenvalue weighted by molar-refractivity contribution is 7.79. The third-order valence-corrected chi connectivity index (χ3v) is 4.71. The monoisotopic (exact) mass is 414 g/mol. The van der Waals surface area contributed by atoms with Crippen molar-refractivity contribution in [1.82, 2.24) is 5.32 Å². The highest BCUT2D eigenvalue weighted by atomic mass is 32.2. The van der Waals surface area contributed by atoms with Gasteiger partial charge in [-0.25, -0.2) is 4.21 Å².